The van der Waals surface area contributed by atoms with Crippen molar-refractivity contribution in [2.75, 3.05) is 46.3 Å². The van der Waals surface area contributed by atoms with Crippen molar-refractivity contribution in [2.45, 2.75) is 56.9 Å². The monoisotopic (exact) mass is 369 g/mol. The van der Waals surface area contributed by atoms with Gasteiger partial charge in [0.05, 0.1) is 6.54 Å². The molecule has 1 aromatic carbocycles. The molecule has 0 saturated carbocycles. The van der Waals surface area contributed by atoms with Crippen LogP contribution in [-0.2, 0) is 15.7 Å². The minimum absolute atomic E-state index is 0.136. The van der Waals surface area contributed by atoms with E-state index in [9.17, 15) is 4.79 Å². The molecule has 4 rings (SSSR count). The number of nitrogens with zero attached hydrogens (tertiary/aromatic N) is 3. The Balaban J connectivity index is 1.47. The van der Waals surface area contributed by atoms with Gasteiger partial charge in [-0.3, -0.25) is 14.6 Å². The number of hydrogen-bond acceptors (Lipinski definition) is 3. The average Bonchev–Trinajstić information content (AvgIpc) is 2.68. The Labute approximate surface area is 164 Å². The first-order chi connectivity index (χ1) is 12.9. The molecule has 1 spiro atoms. The number of rotatable bonds is 2. The Morgan fingerprint density at radius 1 is 0.963 bits per heavy atom. The Kier molecular flexibility index (Phi) is 5.06. The lowest BCUT2D eigenvalue weighted by Crippen LogP contribution is -2.59. The summed E-state index contributed by atoms with van der Waals surface area (Å²) in [6, 6.07) is 9.06. The summed E-state index contributed by atoms with van der Waals surface area (Å²) >= 11 is 0. The highest BCUT2D eigenvalue weighted by atomic mass is 16.2. The average molecular weight is 370 g/mol. The number of carbonyl (C=O) groups excluding carboxylic acids is 1. The summed E-state index contributed by atoms with van der Waals surface area (Å²) in [5.41, 5.74) is 3.36. The van der Waals surface area contributed by atoms with Gasteiger partial charge in [0, 0.05) is 43.7 Å². The maximum absolute atomic E-state index is 12.7. The van der Waals surface area contributed by atoms with Crippen LogP contribution in [0, 0.1) is 0 Å². The Morgan fingerprint density at radius 2 is 1.59 bits per heavy atom. The van der Waals surface area contributed by atoms with E-state index < -0.39 is 0 Å². The first kappa shape index (κ1) is 18.9. The lowest BCUT2D eigenvalue weighted by atomic mass is 9.67. The van der Waals surface area contributed by atoms with Crippen LogP contribution >= 0.6 is 0 Å². The minimum atomic E-state index is 0.136. The fraction of sp³-hybridized carbons (Fsp3) is 0.696. The quantitative estimate of drug-likeness (QED) is 0.801. The van der Waals surface area contributed by atoms with Crippen LogP contribution in [0.1, 0.15) is 57.1 Å². The molecule has 27 heavy (non-hydrogen) atoms. The second kappa shape index (κ2) is 7.21. The van der Waals surface area contributed by atoms with Crippen LogP contribution in [0.2, 0.25) is 0 Å². The maximum Gasteiger partial charge on any atom is 0.236 e. The summed E-state index contributed by atoms with van der Waals surface area (Å²) in [7, 11) is 2.30. The summed E-state index contributed by atoms with van der Waals surface area (Å²) in [5.74, 6) is 0.337. The molecule has 0 N–H and O–H groups in total. The normalized spacial score (nSPS) is 25.4. The molecular weight excluding hydrogens is 334 g/mol. The molecule has 4 nitrogen and oxygen atoms in total. The first-order valence-electron chi connectivity index (χ1n) is 10.7. The van der Waals surface area contributed by atoms with Gasteiger partial charge in [-0.15, -0.1) is 0 Å². The largest absolute Gasteiger partial charge is 0.342 e. The van der Waals surface area contributed by atoms with Gasteiger partial charge in [-0.25, -0.2) is 0 Å². The van der Waals surface area contributed by atoms with Crippen molar-refractivity contribution in [3.63, 3.8) is 0 Å². The molecule has 3 aliphatic heterocycles. The maximum atomic E-state index is 12.7. The zero-order chi connectivity index (χ0) is 19.1. The predicted octanol–water partition coefficient (Wildman–Crippen LogP) is 3.21. The van der Waals surface area contributed by atoms with E-state index in [4.69, 9.17) is 0 Å². The van der Waals surface area contributed by atoms with Crippen LogP contribution in [0.4, 0.5) is 0 Å². The van der Waals surface area contributed by atoms with Crippen LogP contribution < -0.4 is 0 Å². The fourth-order valence-electron chi connectivity index (χ4n) is 5.68. The molecule has 0 atom stereocenters. The lowest BCUT2D eigenvalue weighted by molar-refractivity contribution is -0.134. The molecule has 2 fully saturated rings. The standard InChI is InChI=1S/C23H35N3O/c1-22(2)18-24(3)23(20-10-6-5-9-19(20)22)11-15-25(16-12-23)17-21(27)26-13-7-4-8-14-26/h5-6,9-10H,4,7-8,11-18H2,1-3H3. The Hall–Kier alpha value is -1.39. The van der Waals surface area contributed by atoms with E-state index in [1.54, 1.807) is 0 Å². The second-order valence-corrected chi connectivity index (χ2v) is 9.53. The molecule has 3 heterocycles. The van der Waals surface area contributed by atoms with Gasteiger partial charge < -0.3 is 4.90 Å². The Morgan fingerprint density at radius 3 is 2.26 bits per heavy atom. The first-order valence-corrected chi connectivity index (χ1v) is 10.7. The molecule has 2 saturated heterocycles. The van der Waals surface area contributed by atoms with Gasteiger partial charge in [0.2, 0.25) is 5.91 Å². The van der Waals surface area contributed by atoms with Crippen molar-refractivity contribution < 1.29 is 4.79 Å². The summed E-state index contributed by atoms with van der Waals surface area (Å²) in [4.78, 5) is 19.7. The highest BCUT2D eigenvalue weighted by molar-refractivity contribution is 5.78. The Bertz CT molecular complexity index is 685. The van der Waals surface area contributed by atoms with Crippen LogP contribution in [0.25, 0.3) is 0 Å². The van der Waals surface area contributed by atoms with Crippen molar-refractivity contribution in [2.24, 2.45) is 0 Å². The van der Waals surface area contributed by atoms with Crippen LogP contribution in [0.5, 0.6) is 0 Å². The zero-order valence-electron chi connectivity index (χ0n) is 17.3. The number of hydrogen-bond donors (Lipinski definition) is 0. The number of likely N-dealkylation sites (N-methyl/N-ethyl adjacent to an activating group) is 1. The summed E-state index contributed by atoms with van der Waals surface area (Å²) in [5, 5.41) is 0. The number of amides is 1. The molecular formula is C23H35N3O. The molecule has 3 aliphatic rings. The van der Waals surface area contributed by atoms with Crippen molar-refractivity contribution in [1.82, 2.24) is 14.7 Å². The number of piperidine rings is 2. The smallest absolute Gasteiger partial charge is 0.236 e. The van der Waals surface area contributed by atoms with E-state index in [0.717, 1.165) is 45.6 Å². The number of benzene rings is 1. The molecule has 0 aliphatic carbocycles. The molecule has 0 radical (unpaired) electrons. The van der Waals surface area contributed by atoms with E-state index in [0.29, 0.717) is 12.5 Å². The third-order valence-electron chi connectivity index (χ3n) is 7.27. The minimum Gasteiger partial charge on any atom is -0.342 e. The second-order valence-electron chi connectivity index (χ2n) is 9.53. The summed E-state index contributed by atoms with van der Waals surface area (Å²) < 4.78 is 0. The van der Waals surface area contributed by atoms with Crippen LogP contribution in [0.15, 0.2) is 24.3 Å². The van der Waals surface area contributed by atoms with E-state index in [-0.39, 0.29) is 11.0 Å². The topological polar surface area (TPSA) is 26.8 Å². The molecule has 1 aromatic rings. The predicted molar refractivity (Wildman–Crippen MR) is 110 cm³/mol. The van der Waals surface area contributed by atoms with Crippen molar-refractivity contribution in [1.29, 1.82) is 0 Å². The molecule has 1 amide bonds. The number of fused-ring (bicyclic) bond motifs is 2. The van der Waals surface area contributed by atoms with Gasteiger partial charge in [-0.05, 0) is 50.3 Å². The zero-order valence-corrected chi connectivity index (χ0v) is 17.3. The lowest BCUT2D eigenvalue weighted by Gasteiger charge is -2.55. The van der Waals surface area contributed by atoms with Crippen LogP contribution in [-0.4, -0.2) is 66.9 Å². The number of likely N-dealkylation sites (tertiary alicyclic amines) is 2. The van der Waals surface area contributed by atoms with Gasteiger partial charge in [-0.2, -0.15) is 0 Å². The number of carbonyl (C=O) groups is 1. The summed E-state index contributed by atoms with van der Waals surface area (Å²) in [6.45, 7) is 10.4. The van der Waals surface area contributed by atoms with Gasteiger partial charge in [0.1, 0.15) is 0 Å². The van der Waals surface area contributed by atoms with Crippen molar-refractivity contribution in [3.05, 3.63) is 35.4 Å². The van der Waals surface area contributed by atoms with E-state index in [1.165, 1.54) is 30.4 Å². The molecule has 148 valence electrons. The molecule has 0 unspecified atom stereocenters. The van der Waals surface area contributed by atoms with E-state index in [1.807, 2.05) is 0 Å². The molecule has 4 heteroatoms. The third-order valence-corrected chi connectivity index (χ3v) is 7.27. The van der Waals surface area contributed by atoms with Gasteiger partial charge in [-0.1, -0.05) is 38.1 Å². The van der Waals surface area contributed by atoms with E-state index >= 15 is 0 Å². The fourth-order valence-corrected chi connectivity index (χ4v) is 5.68. The molecule has 0 aromatic heterocycles. The van der Waals surface area contributed by atoms with Gasteiger partial charge >= 0.3 is 0 Å². The van der Waals surface area contributed by atoms with Gasteiger partial charge in [0.15, 0.2) is 0 Å². The molecule has 0 bridgehead atoms. The highest BCUT2D eigenvalue weighted by Gasteiger charge is 2.47. The van der Waals surface area contributed by atoms with Crippen LogP contribution in [0.3, 0.4) is 0 Å². The van der Waals surface area contributed by atoms with Crippen molar-refractivity contribution in [3.8, 4) is 0 Å². The summed E-state index contributed by atoms with van der Waals surface area (Å²) in [6.07, 6.45) is 5.85. The van der Waals surface area contributed by atoms with Gasteiger partial charge in [0.25, 0.3) is 0 Å². The van der Waals surface area contributed by atoms with E-state index in [2.05, 4.69) is 59.9 Å². The highest BCUT2D eigenvalue weighted by Crippen LogP contribution is 2.47. The third kappa shape index (κ3) is 3.42. The van der Waals surface area contributed by atoms with Crippen molar-refractivity contribution >= 4 is 5.91 Å². The SMILES string of the molecule is CN1CC(C)(C)c2ccccc2C12CCN(CC(=O)N1CCCCC1)CC2.